The van der Waals surface area contributed by atoms with E-state index < -0.39 is 12.0 Å². The average molecular weight is 257 g/mol. The van der Waals surface area contributed by atoms with Gasteiger partial charge in [-0.2, -0.15) is 0 Å². The summed E-state index contributed by atoms with van der Waals surface area (Å²) in [7, 11) is 0. The van der Waals surface area contributed by atoms with Crippen LogP contribution in [0.2, 0.25) is 0 Å². The van der Waals surface area contributed by atoms with Crippen molar-refractivity contribution in [3.63, 3.8) is 0 Å². The van der Waals surface area contributed by atoms with Gasteiger partial charge in [-0.05, 0) is 26.4 Å². The molecule has 1 aliphatic heterocycles. The Hall–Kier alpha value is -0.650. The molecule has 0 amide bonds. The molecule has 0 spiro atoms. The van der Waals surface area contributed by atoms with Gasteiger partial charge < -0.3 is 10.4 Å². The molecule has 18 heavy (non-hydrogen) atoms. The molecular weight excluding hydrogens is 230 g/mol. The van der Waals surface area contributed by atoms with E-state index in [0.29, 0.717) is 12.6 Å². The summed E-state index contributed by atoms with van der Waals surface area (Å²) in [5.41, 5.74) is 0. The smallest absolute Gasteiger partial charge is 0.322 e. The third-order valence-electron chi connectivity index (χ3n) is 3.63. The molecule has 1 fully saturated rings. The molecule has 5 nitrogen and oxygen atoms in total. The van der Waals surface area contributed by atoms with Crippen molar-refractivity contribution in [1.82, 2.24) is 15.1 Å². The summed E-state index contributed by atoms with van der Waals surface area (Å²) >= 11 is 0. The second kappa shape index (κ2) is 7.71. The van der Waals surface area contributed by atoms with Gasteiger partial charge in [-0.1, -0.05) is 13.8 Å². The highest BCUT2D eigenvalue weighted by molar-refractivity contribution is 5.73. The number of carboxylic acid groups (broad SMARTS) is 1. The van der Waals surface area contributed by atoms with Gasteiger partial charge in [0.25, 0.3) is 0 Å². The first-order valence-electron chi connectivity index (χ1n) is 7.01. The van der Waals surface area contributed by atoms with Gasteiger partial charge >= 0.3 is 5.97 Å². The summed E-state index contributed by atoms with van der Waals surface area (Å²) in [6.45, 7) is 11.9. The van der Waals surface area contributed by atoms with E-state index in [1.165, 1.54) is 0 Å². The van der Waals surface area contributed by atoms with Crippen molar-refractivity contribution in [3.8, 4) is 0 Å². The zero-order chi connectivity index (χ0) is 13.5. The van der Waals surface area contributed by atoms with Gasteiger partial charge in [-0.3, -0.25) is 14.6 Å². The molecule has 0 saturated carbocycles. The molecule has 0 aromatic heterocycles. The Balaban J connectivity index is 2.42. The summed E-state index contributed by atoms with van der Waals surface area (Å²) in [5, 5.41) is 12.3. The molecule has 0 aromatic rings. The zero-order valence-corrected chi connectivity index (χ0v) is 11.9. The highest BCUT2D eigenvalue weighted by atomic mass is 16.4. The van der Waals surface area contributed by atoms with Gasteiger partial charge in [0.2, 0.25) is 0 Å². The summed E-state index contributed by atoms with van der Waals surface area (Å²) in [6.07, 6.45) is 0.962. The van der Waals surface area contributed by atoms with Crippen LogP contribution in [0.1, 0.15) is 27.2 Å². The van der Waals surface area contributed by atoms with Gasteiger partial charge in [0, 0.05) is 32.2 Å². The number of aliphatic carboxylic acids is 1. The molecular formula is C13H27N3O2. The standard InChI is InChI=1S/C13H27N3O2/c1-4-6-14-12(13(17)18)10-15-7-8-16(5-2)11(3)9-15/h11-12,14H,4-10H2,1-3H3,(H,17,18). The summed E-state index contributed by atoms with van der Waals surface area (Å²) in [5.74, 6) is -0.742. The Bertz CT molecular complexity index is 261. The topological polar surface area (TPSA) is 55.8 Å². The number of hydrogen-bond donors (Lipinski definition) is 2. The molecule has 2 unspecified atom stereocenters. The van der Waals surface area contributed by atoms with Crippen LogP contribution in [0.25, 0.3) is 0 Å². The molecule has 0 aliphatic carbocycles. The molecule has 0 aromatic carbocycles. The van der Waals surface area contributed by atoms with Gasteiger partial charge in [-0.25, -0.2) is 0 Å². The van der Waals surface area contributed by atoms with Gasteiger partial charge in [0.15, 0.2) is 0 Å². The van der Waals surface area contributed by atoms with Crippen LogP contribution in [0, 0.1) is 0 Å². The predicted molar refractivity (Wildman–Crippen MR) is 72.9 cm³/mol. The Morgan fingerprint density at radius 3 is 2.67 bits per heavy atom. The second-order valence-corrected chi connectivity index (χ2v) is 5.08. The van der Waals surface area contributed by atoms with Crippen LogP contribution in [0.5, 0.6) is 0 Å². The fourth-order valence-corrected chi connectivity index (χ4v) is 2.51. The van der Waals surface area contributed by atoms with E-state index >= 15 is 0 Å². The Kier molecular flexibility index (Phi) is 6.60. The number of likely N-dealkylation sites (N-methyl/N-ethyl adjacent to an activating group) is 1. The molecule has 0 radical (unpaired) electrons. The van der Waals surface area contributed by atoms with Crippen molar-refractivity contribution in [3.05, 3.63) is 0 Å². The third kappa shape index (κ3) is 4.55. The molecule has 2 N–H and O–H groups in total. The quantitative estimate of drug-likeness (QED) is 0.694. The number of nitrogens with zero attached hydrogens (tertiary/aromatic N) is 2. The van der Waals surface area contributed by atoms with Crippen molar-refractivity contribution in [2.24, 2.45) is 0 Å². The first-order valence-corrected chi connectivity index (χ1v) is 7.01. The van der Waals surface area contributed by atoms with Crippen molar-refractivity contribution < 1.29 is 9.90 Å². The van der Waals surface area contributed by atoms with E-state index in [0.717, 1.165) is 39.1 Å². The number of carbonyl (C=O) groups is 1. The minimum absolute atomic E-state index is 0.440. The number of hydrogen-bond acceptors (Lipinski definition) is 4. The van der Waals surface area contributed by atoms with E-state index in [9.17, 15) is 9.90 Å². The van der Waals surface area contributed by atoms with Crippen LogP contribution < -0.4 is 5.32 Å². The van der Waals surface area contributed by atoms with E-state index in [-0.39, 0.29) is 0 Å². The summed E-state index contributed by atoms with van der Waals surface area (Å²) in [6, 6.07) is 0.0784. The van der Waals surface area contributed by atoms with Crippen molar-refractivity contribution in [1.29, 1.82) is 0 Å². The molecule has 2 atom stereocenters. The van der Waals surface area contributed by atoms with Crippen LogP contribution >= 0.6 is 0 Å². The maximum Gasteiger partial charge on any atom is 0.322 e. The molecule has 0 bridgehead atoms. The predicted octanol–water partition coefficient (Wildman–Crippen LogP) is 0.465. The van der Waals surface area contributed by atoms with E-state index in [1.807, 2.05) is 6.92 Å². The maximum atomic E-state index is 11.2. The summed E-state index contributed by atoms with van der Waals surface area (Å²) in [4.78, 5) is 15.9. The number of piperazine rings is 1. The highest BCUT2D eigenvalue weighted by Crippen LogP contribution is 2.09. The van der Waals surface area contributed by atoms with Crippen LogP contribution in [-0.2, 0) is 4.79 Å². The Morgan fingerprint density at radius 1 is 1.44 bits per heavy atom. The van der Waals surface area contributed by atoms with Crippen molar-refractivity contribution in [2.45, 2.75) is 39.3 Å². The normalized spacial score (nSPS) is 24.1. The fraction of sp³-hybridized carbons (Fsp3) is 0.923. The van der Waals surface area contributed by atoms with Gasteiger partial charge in [0.1, 0.15) is 6.04 Å². The Morgan fingerprint density at radius 2 is 2.17 bits per heavy atom. The lowest BCUT2D eigenvalue weighted by molar-refractivity contribution is -0.140. The minimum atomic E-state index is -0.742. The monoisotopic (exact) mass is 257 g/mol. The van der Waals surface area contributed by atoms with Crippen LogP contribution in [0.3, 0.4) is 0 Å². The summed E-state index contributed by atoms with van der Waals surface area (Å²) < 4.78 is 0. The highest BCUT2D eigenvalue weighted by Gasteiger charge is 2.26. The molecule has 1 aliphatic rings. The van der Waals surface area contributed by atoms with Crippen molar-refractivity contribution >= 4 is 5.97 Å². The lowest BCUT2D eigenvalue weighted by atomic mass is 10.1. The third-order valence-corrected chi connectivity index (χ3v) is 3.63. The van der Waals surface area contributed by atoms with Crippen LogP contribution in [0.4, 0.5) is 0 Å². The average Bonchev–Trinajstić information content (AvgIpc) is 2.34. The molecule has 1 rings (SSSR count). The molecule has 106 valence electrons. The van der Waals surface area contributed by atoms with E-state index in [2.05, 4.69) is 29.0 Å². The maximum absolute atomic E-state index is 11.2. The van der Waals surface area contributed by atoms with E-state index in [1.54, 1.807) is 0 Å². The lowest BCUT2D eigenvalue weighted by Crippen LogP contribution is -2.55. The first-order chi connectivity index (χ1) is 8.58. The number of nitrogens with one attached hydrogen (secondary N) is 1. The molecule has 1 heterocycles. The molecule has 1 saturated heterocycles. The van der Waals surface area contributed by atoms with Crippen LogP contribution in [0.15, 0.2) is 0 Å². The van der Waals surface area contributed by atoms with E-state index in [4.69, 9.17) is 0 Å². The first kappa shape index (κ1) is 15.4. The van der Waals surface area contributed by atoms with Gasteiger partial charge in [0.05, 0.1) is 0 Å². The fourth-order valence-electron chi connectivity index (χ4n) is 2.51. The SMILES string of the molecule is CCCNC(CN1CCN(CC)C(C)C1)C(=O)O. The molecule has 5 heteroatoms. The van der Waals surface area contributed by atoms with Crippen LogP contribution in [-0.4, -0.2) is 72.2 Å². The zero-order valence-electron chi connectivity index (χ0n) is 11.9. The van der Waals surface area contributed by atoms with Gasteiger partial charge in [-0.15, -0.1) is 0 Å². The minimum Gasteiger partial charge on any atom is -0.480 e. The number of carboxylic acids is 1. The van der Waals surface area contributed by atoms with Crippen molar-refractivity contribution in [2.75, 3.05) is 39.3 Å². The lowest BCUT2D eigenvalue weighted by Gasteiger charge is -2.40. The Labute approximate surface area is 110 Å². The largest absolute Gasteiger partial charge is 0.480 e. The number of rotatable bonds is 7. The second-order valence-electron chi connectivity index (χ2n) is 5.08.